The molecule has 0 amide bonds. The highest BCUT2D eigenvalue weighted by Crippen LogP contribution is 2.52. The Morgan fingerprint density at radius 3 is 1.93 bits per heavy atom. The zero-order chi connectivity index (χ0) is 21.6. The fourth-order valence-electron chi connectivity index (χ4n) is 3.26. The van der Waals surface area contributed by atoms with Crippen LogP contribution < -0.4 is 0 Å². The first-order chi connectivity index (χ1) is 13.5. The summed E-state index contributed by atoms with van der Waals surface area (Å²) in [5.41, 5.74) is -0.582. The van der Waals surface area contributed by atoms with Crippen LogP contribution in [-0.4, -0.2) is 23.2 Å². The van der Waals surface area contributed by atoms with E-state index in [9.17, 15) is 23.2 Å². The summed E-state index contributed by atoms with van der Waals surface area (Å²) < 4.78 is 34.0. The van der Waals surface area contributed by atoms with E-state index in [1.54, 1.807) is 0 Å². The molecule has 0 radical (unpaired) electrons. The first-order valence-corrected chi connectivity index (χ1v) is 10.8. The van der Waals surface area contributed by atoms with Crippen LogP contribution in [0.15, 0.2) is 54.6 Å². The molecule has 1 unspecified atom stereocenters. The monoisotopic (exact) mass is 492 g/mol. The highest BCUT2D eigenvalue weighted by atomic mass is 35.5. The van der Waals surface area contributed by atoms with E-state index in [0.717, 1.165) is 18.2 Å². The van der Waals surface area contributed by atoms with E-state index in [2.05, 4.69) is 0 Å². The summed E-state index contributed by atoms with van der Waals surface area (Å²) in [5, 5.41) is 20.2. The van der Waals surface area contributed by atoms with Gasteiger partial charge >= 0.3 is 0 Å². The SMILES string of the molecule is O=S(=O)(O)C(c1cccc(Cl)c1)(c1ccc(O)cc1O)c1c(Cl)cc(Cl)cc1Cl. The first-order valence-electron chi connectivity index (χ1n) is 7.89. The number of benzene rings is 3. The van der Waals surface area contributed by atoms with Crippen LogP contribution >= 0.6 is 46.4 Å². The van der Waals surface area contributed by atoms with Gasteiger partial charge in [-0.1, -0.05) is 58.5 Å². The highest BCUT2D eigenvalue weighted by molar-refractivity contribution is 7.87. The van der Waals surface area contributed by atoms with Gasteiger partial charge in [-0.2, -0.15) is 8.42 Å². The maximum Gasteiger partial charge on any atom is 0.283 e. The molecule has 0 aliphatic heterocycles. The third kappa shape index (κ3) is 3.77. The number of halogens is 4. The molecule has 0 aliphatic rings. The standard InChI is InChI=1S/C19H12Cl4O5S/c20-11-3-1-2-10(6-11)19(29(26,27)28,14-5-4-13(24)9-17(14)25)18-15(22)7-12(21)8-16(18)23/h1-9,24-25H,(H,26,27,28). The fraction of sp³-hybridized carbons (Fsp3) is 0.0526. The van der Waals surface area contributed by atoms with E-state index in [-0.39, 0.29) is 42.5 Å². The van der Waals surface area contributed by atoms with Gasteiger partial charge in [0.05, 0.1) is 0 Å². The second-order valence-corrected chi connectivity index (χ2v) is 9.36. The minimum atomic E-state index is -5.11. The van der Waals surface area contributed by atoms with Crippen LogP contribution in [0.2, 0.25) is 20.1 Å². The fourth-order valence-corrected chi connectivity index (χ4v) is 6.01. The summed E-state index contributed by atoms with van der Waals surface area (Å²) in [6.45, 7) is 0. The molecule has 3 aromatic rings. The predicted octanol–water partition coefficient (Wildman–Crippen LogP) is 5.89. The molecular weight excluding hydrogens is 482 g/mol. The van der Waals surface area contributed by atoms with Crippen molar-refractivity contribution in [2.45, 2.75) is 4.75 Å². The minimum absolute atomic E-state index is 0.0420. The first kappa shape index (κ1) is 22.0. The Hall–Kier alpha value is -1.67. The lowest BCUT2D eigenvalue weighted by molar-refractivity contribution is 0.431. The minimum Gasteiger partial charge on any atom is -0.508 e. The van der Waals surface area contributed by atoms with Crippen molar-refractivity contribution in [1.29, 1.82) is 0 Å². The number of aromatic hydroxyl groups is 2. The Morgan fingerprint density at radius 2 is 1.41 bits per heavy atom. The van der Waals surface area contributed by atoms with Gasteiger partial charge in [0.2, 0.25) is 0 Å². The third-order valence-corrected chi connectivity index (χ3v) is 6.82. The molecular formula is C19H12Cl4O5S. The molecule has 0 bridgehead atoms. The van der Waals surface area contributed by atoms with Gasteiger partial charge in [-0.05, 0) is 42.0 Å². The molecule has 5 nitrogen and oxygen atoms in total. The van der Waals surface area contributed by atoms with Gasteiger partial charge in [-0.25, -0.2) is 0 Å². The number of rotatable bonds is 4. The molecule has 29 heavy (non-hydrogen) atoms. The molecule has 0 aliphatic carbocycles. The second-order valence-electron chi connectivity index (χ2n) is 6.11. The van der Waals surface area contributed by atoms with Gasteiger partial charge in [0.15, 0.2) is 4.75 Å². The van der Waals surface area contributed by atoms with E-state index in [0.29, 0.717) is 0 Å². The molecule has 0 heterocycles. The molecule has 0 saturated carbocycles. The van der Waals surface area contributed by atoms with Crippen LogP contribution in [0.5, 0.6) is 11.5 Å². The molecule has 1 atom stereocenters. The van der Waals surface area contributed by atoms with Gasteiger partial charge in [0.25, 0.3) is 10.1 Å². The van der Waals surface area contributed by atoms with Crippen molar-refractivity contribution in [2.24, 2.45) is 0 Å². The van der Waals surface area contributed by atoms with E-state index >= 15 is 0 Å². The van der Waals surface area contributed by atoms with Crippen LogP contribution in [0, 0.1) is 0 Å². The number of hydrogen-bond acceptors (Lipinski definition) is 4. The average Bonchev–Trinajstić information content (AvgIpc) is 2.57. The zero-order valence-electron chi connectivity index (χ0n) is 14.3. The highest BCUT2D eigenvalue weighted by Gasteiger charge is 2.52. The Morgan fingerprint density at radius 1 is 0.793 bits per heavy atom. The second kappa shape index (κ2) is 7.87. The summed E-state index contributed by atoms with van der Waals surface area (Å²) in [7, 11) is -5.11. The maximum absolute atomic E-state index is 13.0. The number of phenolic OH excluding ortho intramolecular Hbond substituents is 2. The van der Waals surface area contributed by atoms with Gasteiger partial charge in [0, 0.05) is 37.3 Å². The molecule has 152 valence electrons. The smallest absolute Gasteiger partial charge is 0.283 e. The van der Waals surface area contributed by atoms with E-state index in [1.807, 2.05) is 0 Å². The van der Waals surface area contributed by atoms with Crippen LogP contribution in [0.25, 0.3) is 0 Å². The number of hydrogen-bond donors (Lipinski definition) is 3. The molecule has 3 aromatic carbocycles. The normalized spacial score (nSPS) is 13.8. The molecule has 0 aromatic heterocycles. The van der Waals surface area contributed by atoms with Crippen molar-refractivity contribution in [2.75, 3.05) is 0 Å². The summed E-state index contributed by atoms with van der Waals surface area (Å²) in [6.07, 6.45) is 0. The molecule has 0 saturated heterocycles. The summed E-state index contributed by atoms with van der Waals surface area (Å²) >= 11 is 24.7. The molecule has 0 fully saturated rings. The lowest BCUT2D eigenvalue weighted by Gasteiger charge is -2.34. The molecule has 3 rings (SSSR count). The number of phenols is 2. The van der Waals surface area contributed by atoms with Crippen LogP contribution in [0.4, 0.5) is 0 Å². The maximum atomic E-state index is 13.0. The third-order valence-electron chi connectivity index (χ3n) is 4.34. The van der Waals surface area contributed by atoms with Crippen molar-refractivity contribution >= 4 is 56.5 Å². The van der Waals surface area contributed by atoms with Crippen LogP contribution in [0.1, 0.15) is 16.7 Å². The summed E-state index contributed by atoms with van der Waals surface area (Å²) in [5.74, 6) is -0.945. The lowest BCUT2D eigenvalue weighted by Crippen LogP contribution is -2.39. The molecule has 0 spiro atoms. The van der Waals surface area contributed by atoms with Gasteiger partial charge in [-0.15, -0.1) is 0 Å². The zero-order valence-corrected chi connectivity index (χ0v) is 18.1. The van der Waals surface area contributed by atoms with Crippen LogP contribution in [-0.2, 0) is 14.9 Å². The summed E-state index contributed by atoms with van der Waals surface area (Å²) in [4.78, 5) is 0. The summed E-state index contributed by atoms with van der Waals surface area (Å²) in [6, 6.07) is 11.4. The Bertz CT molecular complexity index is 1190. The van der Waals surface area contributed by atoms with Crippen molar-refractivity contribution in [3.63, 3.8) is 0 Å². The molecule has 10 heteroatoms. The topological polar surface area (TPSA) is 94.8 Å². The van der Waals surface area contributed by atoms with Crippen molar-refractivity contribution in [3.8, 4) is 11.5 Å². The van der Waals surface area contributed by atoms with Crippen molar-refractivity contribution < 1.29 is 23.2 Å². The Kier molecular flexibility index (Phi) is 5.98. The van der Waals surface area contributed by atoms with Gasteiger partial charge < -0.3 is 10.2 Å². The van der Waals surface area contributed by atoms with E-state index in [1.165, 1.54) is 36.4 Å². The van der Waals surface area contributed by atoms with Crippen molar-refractivity contribution in [1.82, 2.24) is 0 Å². The Labute approximate surface area is 186 Å². The molecule has 3 N–H and O–H groups in total. The quantitative estimate of drug-likeness (QED) is 0.311. The lowest BCUT2D eigenvalue weighted by atomic mass is 9.83. The van der Waals surface area contributed by atoms with Gasteiger partial charge in [0.1, 0.15) is 11.5 Å². The predicted molar refractivity (Wildman–Crippen MR) is 114 cm³/mol. The average molecular weight is 494 g/mol. The van der Waals surface area contributed by atoms with E-state index in [4.69, 9.17) is 46.4 Å². The van der Waals surface area contributed by atoms with Crippen LogP contribution in [0.3, 0.4) is 0 Å². The van der Waals surface area contributed by atoms with Gasteiger partial charge in [-0.3, -0.25) is 4.55 Å². The largest absolute Gasteiger partial charge is 0.508 e. The Balaban J connectivity index is 2.63. The van der Waals surface area contributed by atoms with Crippen molar-refractivity contribution in [3.05, 3.63) is 91.4 Å². The van der Waals surface area contributed by atoms with E-state index < -0.39 is 20.6 Å².